The fourth-order valence-corrected chi connectivity index (χ4v) is 3.58. The molecule has 2 aliphatic rings. The second-order valence-electron chi connectivity index (χ2n) is 5.90. The molecule has 4 atom stereocenters. The molecule has 1 N–H and O–H groups in total. The summed E-state index contributed by atoms with van der Waals surface area (Å²) in [6.07, 6.45) is 10.9. The minimum Gasteiger partial charge on any atom is -0.375 e. The monoisotopic (exact) mass is 260 g/mol. The Bertz CT molecular complexity index is 395. The van der Waals surface area contributed by atoms with Gasteiger partial charge in [-0.1, -0.05) is 13.0 Å². The van der Waals surface area contributed by atoms with Gasteiger partial charge in [0.25, 0.3) is 0 Å². The number of aromatic nitrogens is 1. The molecule has 1 aromatic rings. The van der Waals surface area contributed by atoms with Crippen LogP contribution in [-0.2, 0) is 11.2 Å². The van der Waals surface area contributed by atoms with Crippen molar-refractivity contribution in [3.63, 3.8) is 0 Å². The van der Waals surface area contributed by atoms with Gasteiger partial charge >= 0.3 is 0 Å². The molecule has 2 bridgehead atoms. The van der Waals surface area contributed by atoms with Gasteiger partial charge in [-0.15, -0.1) is 0 Å². The molecule has 104 valence electrons. The average Bonchev–Trinajstić information content (AvgIpc) is 3.07. The number of hydrogen-bond donors (Lipinski definition) is 1. The Kier molecular flexibility index (Phi) is 4.14. The van der Waals surface area contributed by atoms with Gasteiger partial charge in [0.15, 0.2) is 0 Å². The van der Waals surface area contributed by atoms with Crippen molar-refractivity contribution in [3.05, 3.63) is 30.1 Å². The van der Waals surface area contributed by atoms with E-state index >= 15 is 0 Å². The molecule has 0 spiro atoms. The SMILES string of the molecule is CCCNC(Cc1cccnc1)C1CC2CCC1O2. The van der Waals surface area contributed by atoms with E-state index in [2.05, 4.69) is 23.3 Å². The van der Waals surface area contributed by atoms with Crippen molar-refractivity contribution in [2.75, 3.05) is 6.54 Å². The third kappa shape index (κ3) is 2.98. The van der Waals surface area contributed by atoms with Gasteiger partial charge in [-0.3, -0.25) is 4.98 Å². The van der Waals surface area contributed by atoms with Crippen molar-refractivity contribution in [2.24, 2.45) is 5.92 Å². The summed E-state index contributed by atoms with van der Waals surface area (Å²) in [5.74, 6) is 0.686. The molecule has 0 amide bonds. The van der Waals surface area contributed by atoms with Gasteiger partial charge in [0.2, 0.25) is 0 Å². The fraction of sp³-hybridized carbons (Fsp3) is 0.688. The van der Waals surface area contributed by atoms with E-state index in [-0.39, 0.29) is 0 Å². The van der Waals surface area contributed by atoms with Crippen LogP contribution < -0.4 is 5.32 Å². The molecule has 19 heavy (non-hydrogen) atoms. The van der Waals surface area contributed by atoms with E-state index in [1.807, 2.05) is 18.5 Å². The third-order valence-electron chi connectivity index (χ3n) is 4.50. The summed E-state index contributed by atoms with van der Waals surface area (Å²) in [7, 11) is 0. The predicted molar refractivity (Wildman–Crippen MR) is 76.0 cm³/mol. The van der Waals surface area contributed by atoms with Crippen molar-refractivity contribution in [3.8, 4) is 0 Å². The van der Waals surface area contributed by atoms with Crippen molar-refractivity contribution >= 4 is 0 Å². The van der Waals surface area contributed by atoms with Crippen LogP contribution in [-0.4, -0.2) is 29.8 Å². The van der Waals surface area contributed by atoms with Crippen LogP contribution in [0.2, 0.25) is 0 Å². The van der Waals surface area contributed by atoms with Crippen LogP contribution in [0.4, 0.5) is 0 Å². The average molecular weight is 260 g/mol. The first-order valence-corrected chi connectivity index (χ1v) is 7.64. The van der Waals surface area contributed by atoms with Gasteiger partial charge in [-0.05, 0) is 50.3 Å². The molecule has 3 heterocycles. The Labute approximate surface area is 115 Å². The van der Waals surface area contributed by atoms with E-state index in [4.69, 9.17) is 4.74 Å². The highest BCUT2D eigenvalue weighted by Gasteiger charge is 2.44. The van der Waals surface area contributed by atoms with Gasteiger partial charge in [0, 0.05) is 24.4 Å². The van der Waals surface area contributed by atoms with Crippen LogP contribution in [0.3, 0.4) is 0 Å². The molecule has 3 heteroatoms. The molecule has 1 aromatic heterocycles. The number of fused-ring (bicyclic) bond motifs is 2. The second-order valence-corrected chi connectivity index (χ2v) is 5.90. The zero-order chi connectivity index (χ0) is 13.1. The number of hydrogen-bond acceptors (Lipinski definition) is 3. The first-order valence-electron chi connectivity index (χ1n) is 7.64. The summed E-state index contributed by atoms with van der Waals surface area (Å²) in [4.78, 5) is 4.23. The van der Waals surface area contributed by atoms with Gasteiger partial charge in [-0.25, -0.2) is 0 Å². The number of nitrogens with zero attached hydrogens (tertiary/aromatic N) is 1. The quantitative estimate of drug-likeness (QED) is 0.853. The summed E-state index contributed by atoms with van der Waals surface area (Å²) in [6.45, 7) is 3.32. The normalized spacial score (nSPS) is 30.7. The first-order chi connectivity index (χ1) is 9.36. The molecule has 2 aliphatic heterocycles. The molecule has 0 radical (unpaired) electrons. The zero-order valence-electron chi connectivity index (χ0n) is 11.7. The van der Waals surface area contributed by atoms with Crippen molar-refractivity contribution < 1.29 is 4.74 Å². The Morgan fingerprint density at radius 3 is 3.05 bits per heavy atom. The largest absolute Gasteiger partial charge is 0.375 e. The highest BCUT2D eigenvalue weighted by atomic mass is 16.5. The number of ether oxygens (including phenoxy) is 1. The Balaban J connectivity index is 1.67. The lowest BCUT2D eigenvalue weighted by molar-refractivity contribution is 0.0857. The molecule has 3 nitrogen and oxygen atoms in total. The molecule has 0 aromatic carbocycles. The third-order valence-corrected chi connectivity index (χ3v) is 4.50. The van der Waals surface area contributed by atoms with Crippen LogP contribution in [0.25, 0.3) is 0 Å². The second kappa shape index (κ2) is 6.02. The van der Waals surface area contributed by atoms with Gasteiger partial charge < -0.3 is 10.1 Å². The van der Waals surface area contributed by atoms with E-state index in [0.29, 0.717) is 24.2 Å². The van der Waals surface area contributed by atoms with E-state index in [0.717, 1.165) is 13.0 Å². The number of rotatable bonds is 6. The fourth-order valence-electron chi connectivity index (χ4n) is 3.58. The standard InChI is InChI=1S/C16H24N2O/c1-2-7-18-15(9-12-4-3-8-17-11-12)14-10-13-5-6-16(14)19-13/h3-4,8,11,13-16,18H,2,5-7,9-10H2,1H3. The molecular formula is C16H24N2O. The molecule has 0 saturated carbocycles. The van der Waals surface area contributed by atoms with Crippen LogP contribution in [0.15, 0.2) is 24.5 Å². The molecular weight excluding hydrogens is 236 g/mol. The smallest absolute Gasteiger partial charge is 0.0623 e. The Morgan fingerprint density at radius 2 is 2.42 bits per heavy atom. The topological polar surface area (TPSA) is 34.2 Å². The molecule has 4 unspecified atom stereocenters. The highest BCUT2D eigenvalue weighted by molar-refractivity contribution is 5.12. The lowest BCUT2D eigenvalue weighted by Gasteiger charge is -2.29. The van der Waals surface area contributed by atoms with E-state index in [1.54, 1.807) is 0 Å². The van der Waals surface area contributed by atoms with Gasteiger partial charge in [0.1, 0.15) is 0 Å². The molecule has 2 fully saturated rings. The van der Waals surface area contributed by atoms with Crippen LogP contribution in [0.1, 0.15) is 38.2 Å². The van der Waals surface area contributed by atoms with Crippen LogP contribution >= 0.6 is 0 Å². The lowest BCUT2D eigenvalue weighted by atomic mass is 9.81. The van der Waals surface area contributed by atoms with Crippen molar-refractivity contribution in [1.82, 2.24) is 10.3 Å². The minimum atomic E-state index is 0.496. The molecule has 2 saturated heterocycles. The predicted octanol–water partition coefficient (Wildman–Crippen LogP) is 2.56. The van der Waals surface area contributed by atoms with Crippen LogP contribution in [0.5, 0.6) is 0 Å². The van der Waals surface area contributed by atoms with Crippen molar-refractivity contribution in [1.29, 1.82) is 0 Å². The maximum absolute atomic E-state index is 6.03. The first kappa shape index (κ1) is 13.1. The molecule has 3 rings (SSSR count). The number of pyridine rings is 1. The van der Waals surface area contributed by atoms with Crippen molar-refractivity contribution in [2.45, 2.75) is 57.3 Å². The summed E-state index contributed by atoms with van der Waals surface area (Å²) in [5, 5.41) is 3.74. The van der Waals surface area contributed by atoms with Gasteiger partial charge in [-0.2, -0.15) is 0 Å². The van der Waals surface area contributed by atoms with Gasteiger partial charge in [0.05, 0.1) is 12.2 Å². The summed E-state index contributed by atoms with van der Waals surface area (Å²) in [6, 6.07) is 4.75. The van der Waals surface area contributed by atoms with Crippen LogP contribution in [0, 0.1) is 5.92 Å². The number of nitrogens with one attached hydrogen (secondary N) is 1. The van der Waals surface area contributed by atoms with E-state index in [1.165, 1.54) is 31.2 Å². The summed E-state index contributed by atoms with van der Waals surface area (Å²) < 4.78 is 6.03. The Morgan fingerprint density at radius 1 is 1.47 bits per heavy atom. The highest BCUT2D eigenvalue weighted by Crippen LogP contribution is 2.41. The summed E-state index contributed by atoms with van der Waals surface area (Å²) >= 11 is 0. The molecule has 0 aliphatic carbocycles. The van der Waals surface area contributed by atoms with E-state index in [9.17, 15) is 0 Å². The zero-order valence-corrected chi connectivity index (χ0v) is 11.7. The lowest BCUT2D eigenvalue weighted by Crippen LogP contribution is -2.42. The maximum atomic E-state index is 6.03. The Hall–Kier alpha value is -0.930. The van der Waals surface area contributed by atoms with E-state index < -0.39 is 0 Å². The summed E-state index contributed by atoms with van der Waals surface area (Å²) in [5.41, 5.74) is 1.33. The minimum absolute atomic E-state index is 0.496. The maximum Gasteiger partial charge on any atom is 0.0623 e.